The molecule has 3 heteroatoms. The zero-order valence-electron chi connectivity index (χ0n) is 7.79. The summed E-state index contributed by atoms with van der Waals surface area (Å²) >= 11 is 0. The fourth-order valence-electron chi connectivity index (χ4n) is 1.68. The lowest BCUT2D eigenvalue weighted by molar-refractivity contribution is -0.0316. The molecule has 1 fully saturated rings. The average Bonchev–Trinajstić information content (AvgIpc) is 1.81. The maximum absolute atomic E-state index is 10.2. The number of rotatable bonds is 1. The van der Waals surface area contributed by atoms with Crippen molar-refractivity contribution < 1.29 is 9.90 Å². The second kappa shape index (κ2) is 2.68. The number of carbonyl (C=O) groups excluding carboxylic acids is 1. The zero-order chi connectivity index (χ0) is 9.41. The first-order valence-corrected chi connectivity index (χ1v) is 4.18. The maximum atomic E-state index is 10.2. The number of hydrogen-bond acceptors (Lipinski definition) is 3. The summed E-state index contributed by atoms with van der Waals surface area (Å²) in [6.07, 6.45) is 2.49. The normalized spacial score (nSPS) is 35.2. The molecule has 1 saturated carbocycles. The number of aliphatic imine (C=N–C) groups is 1. The van der Waals surface area contributed by atoms with Crippen LogP contribution in [0, 0.1) is 5.41 Å². The molecule has 0 atom stereocenters. The van der Waals surface area contributed by atoms with E-state index in [0.29, 0.717) is 12.8 Å². The number of aliphatic hydroxyl groups is 1. The van der Waals surface area contributed by atoms with Crippen LogP contribution < -0.4 is 0 Å². The summed E-state index contributed by atoms with van der Waals surface area (Å²) in [7, 11) is 0. The van der Waals surface area contributed by atoms with Crippen molar-refractivity contribution in [3.63, 3.8) is 0 Å². The molecule has 0 aromatic rings. The summed E-state index contributed by atoms with van der Waals surface area (Å²) in [5.74, 6) is 0. The molecule has 68 valence electrons. The summed E-state index contributed by atoms with van der Waals surface area (Å²) in [5.41, 5.74) is -0.433. The molecular formula is C9H15NO2. The van der Waals surface area contributed by atoms with E-state index in [1.165, 1.54) is 0 Å². The van der Waals surface area contributed by atoms with Crippen LogP contribution in [0.25, 0.3) is 0 Å². The van der Waals surface area contributed by atoms with Crippen molar-refractivity contribution in [3.8, 4) is 0 Å². The van der Waals surface area contributed by atoms with Crippen LogP contribution in [-0.4, -0.2) is 22.8 Å². The Morgan fingerprint density at radius 2 is 2.00 bits per heavy atom. The second-order valence-electron chi connectivity index (χ2n) is 4.55. The monoisotopic (exact) mass is 169 g/mol. The molecule has 0 unspecified atom stereocenters. The Labute approximate surface area is 72.5 Å². The highest BCUT2D eigenvalue weighted by Gasteiger charge is 2.51. The van der Waals surface area contributed by atoms with Crippen LogP contribution in [-0.2, 0) is 4.79 Å². The molecule has 0 radical (unpaired) electrons. The molecule has 0 saturated heterocycles. The third-order valence-corrected chi connectivity index (χ3v) is 2.80. The predicted molar refractivity (Wildman–Crippen MR) is 45.5 cm³/mol. The quantitative estimate of drug-likeness (QED) is 0.474. The molecule has 1 N–H and O–H groups in total. The summed E-state index contributed by atoms with van der Waals surface area (Å²) in [5, 5.41) is 9.18. The van der Waals surface area contributed by atoms with Crippen molar-refractivity contribution in [2.24, 2.45) is 10.4 Å². The van der Waals surface area contributed by atoms with Crippen molar-refractivity contribution in [3.05, 3.63) is 0 Å². The molecule has 3 nitrogen and oxygen atoms in total. The van der Waals surface area contributed by atoms with Crippen LogP contribution >= 0.6 is 0 Å². The Morgan fingerprint density at radius 1 is 1.50 bits per heavy atom. The van der Waals surface area contributed by atoms with Gasteiger partial charge in [0.25, 0.3) is 0 Å². The van der Waals surface area contributed by atoms with Gasteiger partial charge in [0.2, 0.25) is 6.08 Å². The van der Waals surface area contributed by atoms with Crippen LogP contribution in [0.5, 0.6) is 0 Å². The maximum Gasteiger partial charge on any atom is 0.235 e. The molecule has 1 aliphatic carbocycles. The van der Waals surface area contributed by atoms with Gasteiger partial charge < -0.3 is 5.11 Å². The Hall–Kier alpha value is -0.660. The SMILES string of the molecule is CC(C)(C)C1(N=C=O)CC(O)C1. The molecule has 0 bridgehead atoms. The summed E-state index contributed by atoms with van der Waals surface area (Å²) in [4.78, 5) is 14.0. The fourth-order valence-corrected chi connectivity index (χ4v) is 1.68. The van der Waals surface area contributed by atoms with Crippen LogP contribution in [0.15, 0.2) is 4.99 Å². The highest BCUT2D eigenvalue weighted by atomic mass is 16.3. The molecule has 1 rings (SSSR count). The average molecular weight is 169 g/mol. The van der Waals surface area contributed by atoms with Gasteiger partial charge in [-0.05, 0) is 5.41 Å². The van der Waals surface area contributed by atoms with Gasteiger partial charge in [-0.15, -0.1) is 0 Å². The molecule has 12 heavy (non-hydrogen) atoms. The standard InChI is InChI=1S/C9H15NO2/c1-8(2,3)9(10-6-11)4-7(12)5-9/h7,12H,4-5H2,1-3H3. The third-order valence-electron chi connectivity index (χ3n) is 2.80. The van der Waals surface area contributed by atoms with Gasteiger partial charge in [0.1, 0.15) is 0 Å². The molecule has 0 aliphatic heterocycles. The van der Waals surface area contributed by atoms with Crippen molar-refractivity contribution in [1.82, 2.24) is 0 Å². The van der Waals surface area contributed by atoms with Crippen LogP contribution in [0.2, 0.25) is 0 Å². The molecule has 0 aromatic heterocycles. The van der Waals surface area contributed by atoms with Gasteiger partial charge in [0, 0.05) is 12.8 Å². The van der Waals surface area contributed by atoms with E-state index >= 15 is 0 Å². The van der Waals surface area contributed by atoms with E-state index in [1.807, 2.05) is 20.8 Å². The minimum Gasteiger partial charge on any atom is -0.393 e. The van der Waals surface area contributed by atoms with Gasteiger partial charge in [-0.1, -0.05) is 20.8 Å². The van der Waals surface area contributed by atoms with Gasteiger partial charge in [-0.2, -0.15) is 4.99 Å². The molecule has 0 aromatic carbocycles. The largest absolute Gasteiger partial charge is 0.393 e. The van der Waals surface area contributed by atoms with Crippen molar-refractivity contribution in [1.29, 1.82) is 0 Å². The van der Waals surface area contributed by atoms with Gasteiger partial charge in [0.05, 0.1) is 11.6 Å². The number of nitrogens with zero attached hydrogens (tertiary/aromatic N) is 1. The molecule has 0 heterocycles. The first kappa shape index (κ1) is 9.43. The molecule has 1 aliphatic rings. The van der Waals surface area contributed by atoms with Crippen molar-refractivity contribution >= 4 is 6.08 Å². The Kier molecular flexibility index (Phi) is 2.11. The minimum absolute atomic E-state index is 0.0658. The van der Waals surface area contributed by atoms with E-state index in [-0.39, 0.29) is 17.1 Å². The Bertz CT molecular complexity index is 217. The molecule has 0 amide bonds. The van der Waals surface area contributed by atoms with E-state index in [2.05, 4.69) is 4.99 Å². The Morgan fingerprint density at radius 3 is 2.25 bits per heavy atom. The van der Waals surface area contributed by atoms with E-state index < -0.39 is 0 Å². The zero-order valence-corrected chi connectivity index (χ0v) is 7.79. The van der Waals surface area contributed by atoms with Crippen molar-refractivity contribution in [2.75, 3.05) is 0 Å². The second-order valence-corrected chi connectivity index (χ2v) is 4.55. The minimum atomic E-state index is -0.367. The van der Waals surface area contributed by atoms with Gasteiger partial charge >= 0.3 is 0 Å². The highest BCUT2D eigenvalue weighted by molar-refractivity contribution is 5.36. The smallest absolute Gasteiger partial charge is 0.235 e. The summed E-state index contributed by atoms with van der Waals surface area (Å²) < 4.78 is 0. The van der Waals surface area contributed by atoms with E-state index in [1.54, 1.807) is 6.08 Å². The van der Waals surface area contributed by atoms with Crippen LogP contribution in [0.3, 0.4) is 0 Å². The molecule has 0 spiro atoms. The van der Waals surface area contributed by atoms with E-state index in [9.17, 15) is 9.90 Å². The highest BCUT2D eigenvalue weighted by Crippen LogP contribution is 2.48. The van der Waals surface area contributed by atoms with E-state index in [4.69, 9.17) is 0 Å². The Balaban J connectivity index is 2.84. The first-order valence-electron chi connectivity index (χ1n) is 4.18. The van der Waals surface area contributed by atoms with Gasteiger partial charge in [-0.3, -0.25) is 0 Å². The topological polar surface area (TPSA) is 49.7 Å². The van der Waals surface area contributed by atoms with Gasteiger partial charge in [-0.25, -0.2) is 4.79 Å². The molecular weight excluding hydrogens is 154 g/mol. The number of aliphatic hydroxyl groups excluding tert-OH is 1. The lowest BCUT2D eigenvalue weighted by atomic mass is 9.60. The summed E-state index contributed by atoms with van der Waals surface area (Å²) in [6, 6.07) is 0. The fraction of sp³-hybridized carbons (Fsp3) is 0.889. The van der Waals surface area contributed by atoms with E-state index in [0.717, 1.165) is 0 Å². The predicted octanol–water partition coefficient (Wildman–Crippen LogP) is 1.26. The van der Waals surface area contributed by atoms with Gasteiger partial charge in [0.15, 0.2) is 0 Å². The lowest BCUT2D eigenvalue weighted by Crippen LogP contribution is -2.54. The number of isocyanates is 1. The van der Waals surface area contributed by atoms with Crippen LogP contribution in [0.1, 0.15) is 33.6 Å². The first-order chi connectivity index (χ1) is 5.41. The lowest BCUT2D eigenvalue weighted by Gasteiger charge is -2.49. The third kappa shape index (κ3) is 1.30. The van der Waals surface area contributed by atoms with Crippen LogP contribution in [0.4, 0.5) is 0 Å². The number of hydrogen-bond donors (Lipinski definition) is 1. The van der Waals surface area contributed by atoms with Crippen molar-refractivity contribution in [2.45, 2.75) is 45.3 Å². The summed E-state index contributed by atoms with van der Waals surface area (Å²) in [6.45, 7) is 6.08.